The van der Waals surface area contributed by atoms with Gasteiger partial charge in [-0.1, -0.05) is 22.0 Å². The van der Waals surface area contributed by atoms with E-state index in [-0.39, 0.29) is 11.6 Å². The van der Waals surface area contributed by atoms with Crippen LogP contribution in [-0.4, -0.2) is 27.5 Å². The maximum Gasteiger partial charge on any atom is 0.199 e. The average Bonchev–Trinajstić information content (AvgIpc) is 2.82. The molecular weight excluding hydrogens is 344 g/mol. The summed E-state index contributed by atoms with van der Waals surface area (Å²) in [5, 5.41) is 21.1. The molecule has 0 amide bonds. The average molecular weight is 357 g/mol. The first kappa shape index (κ1) is 13.4. The lowest BCUT2D eigenvalue weighted by Gasteiger charge is -2.17. The molecule has 0 spiro atoms. The normalized spacial score (nSPS) is 14.0. The molecule has 2 aromatic carbocycles. The summed E-state index contributed by atoms with van der Waals surface area (Å²) in [4.78, 5) is 7.59. The third kappa shape index (κ3) is 2.01. The molecule has 1 aliphatic rings. The van der Waals surface area contributed by atoms with Gasteiger partial charge in [0.25, 0.3) is 0 Å². The SMILES string of the molecule is Oc1ccc2c(c1)C(c1c(O)[nH]c3ccc(Br)cc13)=NCC2. The number of aromatic nitrogens is 1. The number of halogens is 1. The quantitative estimate of drug-likeness (QED) is 0.621. The second kappa shape index (κ2) is 4.88. The molecular formula is C17H13BrN2O2. The molecule has 22 heavy (non-hydrogen) atoms. The van der Waals surface area contributed by atoms with Crippen LogP contribution in [0, 0.1) is 0 Å². The molecule has 1 aromatic heterocycles. The molecule has 3 aromatic rings. The van der Waals surface area contributed by atoms with Crippen molar-refractivity contribution >= 4 is 32.5 Å². The lowest BCUT2D eigenvalue weighted by atomic mass is 9.92. The maximum absolute atomic E-state index is 10.4. The predicted octanol–water partition coefficient (Wildman–Crippen LogP) is 3.74. The van der Waals surface area contributed by atoms with Crippen LogP contribution >= 0.6 is 15.9 Å². The third-order valence-corrected chi connectivity index (χ3v) is 4.47. The largest absolute Gasteiger partial charge is 0.508 e. The van der Waals surface area contributed by atoms with Crippen molar-refractivity contribution < 1.29 is 10.2 Å². The van der Waals surface area contributed by atoms with E-state index >= 15 is 0 Å². The minimum atomic E-state index is 0.100. The van der Waals surface area contributed by atoms with Gasteiger partial charge in [0.15, 0.2) is 5.88 Å². The summed E-state index contributed by atoms with van der Waals surface area (Å²) in [6, 6.07) is 11.1. The fourth-order valence-electron chi connectivity index (χ4n) is 2.98. The van der Waals surface area contributed by atoms with Gasteiger partial charge in [-0.25, -0.2) is 0 Å². The van der Waals surface area contributed by atoms with E-state index in [1.165, 1.54) is 0 Å². The number of hydrogen-bond donors (Lipinski definition) is 3. The number of nitrogens with one attached hydrogen (secondary N) is 1. The van der Waals surface area contributed by atoms with Crippen molar-refractivity contribution in [3.63, 3.8) is 0 Å². The Hall–Kier alpha value is -2.27. The first-order chi connectivity index (χ1) is 10.6. The van der Waals surface area contributed by atoms with Crippen molar-refractivity contribution in [3.8, 4) is 11.6 Å². The molecule has 5 heteroatoms. The molecule has 0 saturated heterocycles. The molecule has 110 valence electrons. The molecule has 4 rings (SSSR count). The van der Waals surface area contributed by atoms with Gasteiger partial charge in [-0.05, 0) is 42.3 Å². The van der Waals surface area contributed by atoms with Crippen LogP contribution in [0.25, 0.3) is 10.9 Å². The Labute approximate surface area is 135 Å². The number of nitrogens with zero attached hydrogens (tertiary/aromatic N) is 1. The van der Waals surface area contributed by atoms with E-state index in [9.17, 15) is 10.2 Å². The lowest BCUT2D eigenvalue weighted by molar-refractivity contribution is 0.457. The monoisotopic (exact) mass is 356 g/mol. The Balaban J connectivity index is 2.00. The molecule has 0 atom stereocenters. The van der Waals surface area contributed by atoms with E-state index in [4.69, 9.17) is 0 Å². The van der Waals surface area contributed by atoms with Gasteiger partial charge in [-0.15, -0.1) is 0 Å². The number of fused-ring (bicyclic) bond motifs is 2. The highest BCUT2D eigenvalue weighted by Crippen LogP contribution is 2.34. The van der Waals surface area contributed by atoms with Gasteiger partial charge in [0, 0.05) is 27.5 Å². The second-order valence-corrected chi connectivity index (χ2v) is 6.28. The Kier molecular flexibility index (Phi) is 2.97. The van der Waals surface area contributed by atoms with E-state index in [2.05, 4.69) is 25.9 Å². The molecule has 4 nitrogen and oxygen atoms in total. The van der Waals surface area contributed by atoms with Gasteiger partial charge in [-0.3, -0.25) is 4.99 Å². The Morgan fingerprint density at radius 1 is 1.09 bits per heavy atom. The van der Waals surface area contributed by atoms with E-state index < -0.39 is 0 Å². The highest BCUT2D eigenvalue weighted by molar-refractivity contribution is 9.10. The molecule has 0 aliphatic carbocycles. The number of rotatable bonds is 1. The summed E-state index contributed by atoms with van der Waals surface area (Å²) in [6.07, 6.45) is 0.839. The van der Waals surface area contributed by atoms with Crippen LogP contribution in [0.4, 0.5) is 0 Å². The molecule has 1 aliphatic heterocycles. The first-order valence-electron chi connectivity index (χ1n) is 7.01. The van der Waals surface area contributed by atoms with Gasteiger partial charge in [-0.2, -0.15) is 0 Å². The zero-order valence-electron chi connectivity index (χ0n) is 11.6. The molecule has 0 saturated carbocycles. The number of hydrogen-bond acceptors (Lipinski definition) is 3. The lowest BCUT2D eigenvalue weighted by Crippen LogP contribution is -2.13. The number of H-pyrrole nitrogens is 1. The van der Waals surface area contributed by atoms with Crippen LogP contribution in [0.3, 0.4) is 0 Å². The van der Waals surface area contributed by atoms with Crippen molar-refractivity contribution in [2.75, 3.05) is 6.54 Å². The summed E-state index contributed by atoms with van der Waals surface area (Å²) in [6.45, 7) is 0.674. The summed E-state index contributed by atoms with van der Waals surface area (Å²) in [7, 11) is 0. The highest BCUT2D eigenvalue weighted by Gasteiger charge is 2.23. The minimum absolute atomic E-state index is 0.100. The van der Waals surface area contributed by atoms with Crippen molar-refractivity contribution in [1.29, 1.82) is 0 Å². The summed E-state index contributed by atoms with van der Waals surface area (Å²) < 4.78 is 0.938. The highest BCUT2D eigenvalue weighted by atomic mass is 79.9. The van der Waals surface area contributed by atoms with Gasteiger partial charge in [0.2, 0.25) is 0 Å². The number of phenolic OH excluding ortho intramolecular Hbond substituents is 1. The summed E-state index contributed by atoms with van der Waals surface area (Å²) >= 11 is 3.47. The van der Waals surface area contributed by atoms with Gasteiger partial charge >= 0.3 is 0 Å². The zero-order chi connectivity index (χ0) is 15.3. The molecule has 3 N–H and O–H groups in total. The van der Waals surface area contributed by atoms with Crippen molar-refractivity contribution in [1.82, 2.24) is 4.98 Å². The zero-order valence-corrected chi connectivity index (χ0v) is 13.2. The summed E-state index contributed by atoms with van der Waals surface area (Å²) in [5.74, 6) is 0.303. The van der Waals surface area contributed by atoms with Crippen LogP contribution in [0.5, 0.6) is 11.6 Å². The van der Waals surface area contributed by atoms with E-state index in [0.717, 1.165) is 38.6 Å². The van der Waals surface area contributed by atoms with E-state index in [0.29, 0.717) is 12.1 Å². The number of benzene rings is 2. The maximum atomic E-state index is 10.4. The third-order valence-electron chi connectivity index (χ3n) is 3.98. The number of aliphatic imine (C=N–C) groups is 1. The Morgan fingerprint density at radius 3 is 2.82 bits per heavy atom. The van der Waals surface area contributed by atoms with E-state index in [1.54, 1.807) is 12.1 Å². The number of aromatic amines is 1. The first-order valence-corrected chi connectivity index (χ1v) is 7.80. The molecule has 0 bridgehead atoms. The summed E-state index contributed by atoms with van der Waals surface area (Å²) in [5.41, 5.74) is 4.27. The number of phenols is 1. The second-order valence-electron chi connectivity index (χ2n) is 5.36. The molecule has 0 radical (unpaired) electrons. The smallest absolute Gasteiger partial charge is 0.199 e. The Morgan fingerprint density at radius 2 is 1.95 bits per heavy atom. The topological polar surface area (TPSA) is 68.6 Å². The molecule has 0 fully saturated rings. The molecule has 2 heterocycles. The van der Waals surface area contributed by atoms with E-state index in [1.807, 2.05) is 24.3 Å². The van der Waals surface area contributed by atoms with Crippen LogP contribution in [0.15, 0.2) is 45.9 Å². The van der Waals surface area contributed by atoms with Gasteiger partial charge in [0.05, 0.1) is 11.3 Å². The van der Waals surface area contributed by atoms with Crippen LogP contribution < -0.4 is 0 Å². The van der Waals surface area contributed by atoms with Crippen LogP contribution in [0.2, 0.25) is 0 Å². The predicted molar refractivity (Wildman–Crippen MR) is 90.0 cm³/mol. The van der Waals surface area contributed by atoms with Gasteiger partial charge < -0.3 is 15.2 Å². The minimum Gasteiger partial charge on any atom is -0.508 e. The Bertz CT molecular complexity index is 928. The van der Waals surface area contributed by atoms with Gasteiger partial charge in [0.1, 0.15) is 5.75 Å². The van der Waals surface area contributed by atoms with Crippen molar-refractivity contribution in [3.05, 3.63) is 57.6 Å². The standard InChI is InChI=1S/C17H13BrN2O2/c18-10-2-4-14-13(7-10)15(17(22)20-14)16-12-8-11(21)3-1-9(12)5-6-19-16/h1-4,7-8,20-22H,5-6H2. The van der Waals surface area contributed by atoms with Crippen LogP contribution in [0.1, 0.15) is 16.7 Å². The van der Waals surface area contributed by atoms with Crippen LogP contribution in [-0.2, 0) is 6.42 Å². The number of aromatic hydroxyl groups is 2. The molecule has 0 unspecified atom stereocenters. The van der Waals surface area contributed by atoms with Crippen molar-refractivity contribution in [2.45, 2.75) is 6.42 Å². The van der Waals surface area contributed by atoms with Crippen molar-refractivity contribution in [2.24, 2.45) is 4.99 Å². The fourth-order valence-corrected chi connectivity index (χ4v) is 3.34. The fraction of sp³-hybridized carbons (Fsp3) is 0.118.